The van der Waals surface area contributed by atoms with Gasteiger partial charge in [-0.2, -0.15) is 8.42 Å². The van der Waals surface area contributed by atoms with Gasteiger partial charge in [-0.3, -0.25) is 4.55 Å². The molecule has 0 radical (unpaired) electrons. The van der Waals surface area contributed by atoms with Gasteiger partial charge in [0.2, 0.25) is 0 Å². The molecule has 0 saturated carbocycles. The van der Waals surface area contributed by atoms with E-state index in [4.69, 9.17) is 4.55 Å². The number of rotatable bonds is 1. The van der Waals surface area contributed by atoms with Crippen molar-refractivity contribution in [1.82, 2.24) is 0 Å². The Labute approximate surface area is 86.5 Å². The summed E-state index contributed by atoms with van der Waals surface area (Å²) in [5.74, 6) is -0.416. The highest BCUT2D eigenvalue weighted by Crippen LogP contribution is 2.26. The van der Waals surface area contributed by atoms with E-state index in [1.54, 1.807) is 24.3 Å². The molecule has 0 aliphatic carbocycles. The molecule has 0 unspecified atom stereocenters. The molecule has 2 aromatic rings. The van der Waals surface area contributed by atoms with Gasteiger partial charge in [0.05, 0.1) is 4.90 Å². The first kappa shape index (κ1) is 9.95. The Balaban J connectivity index is 2.85. The normalized spacial score (nSPS) is 11.8. The summed E-state index contributed by atoms with van der Waals surface area (Å²) in [6, 6.07) is 8.78. The fourth-order valence-corrected chi connectivity index (χ4v) is 1.93. The van der Waals surface area contributed by atoms with E-state index in [0.29, 0.717) is 10.8 Å². The van der Waals surface area contributed by atoms with Crippen LogP contribution in [0, 0.1) is 0 Å². The van der Waals surface area contributed by atoms with Gasteiger partial charge < -0.3 is 5.11 Å². The van der Waals surface area contributed by atoms with Crippen molar-refractivity contribution in [1.29, 1.82) is 0 Å². The third kappa shape index (κ3) is 1.79. The van der Waals surface area contributed by atoms with Crippen LogP contribution in [0.1, 0.15) is 0 Å². The summed E-state index contributed by atoms with van der Waals surface area (Å²) in [5, 5.41) is 12.4. The van der Waals surface area contributed by atoms with Crippen LogP contribution in [0.5, 0.6) is 5.75 Å². The standard InChI is InChI=1S/C10H8O4S/c11-10-6-8(15(12,13)14)5-7-3-1-2-4-9(7)10/h1-6,11H,(H,12,13,14)/p-1. The molecule has 0 fully saturated rings. The maximum absolute atomic E-state index is 11.5. The zero-order chi connectivity index (χ0) is 11.1. The molecule has 0 heterocycles. The monoisotopic (exact) mass is 223 g/mol. The Morgan fingerprint density at radius 3 is 2.47 bits per heavy atom. The Morgan fingerprint density at radius 1 is 1.13 bits per heavy atom. The second kappa shape index (κ2) is 3.22. The van der Waals surface area contributed by atoms with Crippen LogP contribution in [0.25, 0.3) is 10.8 Å². The fourth-order valence-electron chi connectivity index (χ4n) is 1.40. The van der Waals surface area contributed by atoms with Gasteiger partial charge in [-0.25, -0.2) is 0 Å². The van der Waals surface area contributed by atoms with Crippen molar-refractivity contribution in [2.75, 3.05) is 0 Å². The van der Waals surface area contributed by atoms with Crippen LogP contribution < -0.4 is 5.11 Å². The first-order valence-electron chi connectivity index (χ1n) is 4.16. The van der Waals surface area contributed by atoms with Crippen molar-refractivity contribution < 1.29 is 18.1 Å². The summed E-state index contributed by atoms with van der Waals surface area (Å²) >= 11 is 0. The van der Waals surface area contributed by atoms with Crippen molar-refractivity contribution in [3.63, 3.8) is 0 Å². The molecule has 5 heteroatoms. The third-order valence-corrected chi connectivity index (χ3v) is 2.93. The van der Waals surface area contributed by atoms with Gasteiger partial charge in [0.25, 0.3) is 10.1 Å². The number of hydrogen-bond acceptors (Lipinski definition) is 3. The van der Waals surface area contributed by atoms with E-state index in [-0.39, 0.29) is 4.90 Å². The van der Waals surface area contributed by atoms with Crippen LogP contribution in [0.4, 0.5) is 0 Å². The summed E-state index contributed by atoms with van der Waals surface area (Å²) in [4.78, 5) is -0.369. The van der Waals surface area contributed by atoms with Crippen molar-refractivity contribution in [2.45, 2.75) is 4.90 Å². The molecule has 0 saturated heterocycles. The minimum absolute atomic E-state index is 0.369. The van der Waals surface area contributed by atoms with Crippen LogP contribution in [0.3, 0.4) is 0 Å². The zero-order valence-electron chi connectivity index (χ0n) is 7.54. The van der Waals surface area contributed by atoms with E-state index in [1.807, 2.05) is 0 Å². The van der Waals surface area contributed by atoms with E-state index < -0.39 is 15.9 Å². The molecule has 2 rings (SSSR count). The quantitative estimate of drug-likeness (QED) is 0.736. The molecule has 15 heavy (non-hydrogen) atoms. The first-order valence-corrected chi connectivity index (χ1v) is 5.60. The Hall–Kier alpha value is -1.59. The SMILES string of the molecule is O=S(=O)(O)c1cc([O-])c2ccccc2c1. The van der Waals surface area contributed by atoms with Gasteiger partial charge >= 0.3 is 0 Å². The third-order valence-electron chi connectivity index (χ3n) is 2.10. The summed E-state index contributed by atoms with van der Waals surface area (Å²) in [6.45, 7) is 0. The van der Waals surface area contributed by atoms with Crippen LogP contribution in [0.15, 0.2) is 41.3 Å². The molecule has 0 bridgehead atoms. The smallest absolute Gasteiger partial charge is 0.294 e. The lowest BCUT2D eigenvalue weighted by Crippen LogP contribution is -2.00. The number of benzene rings is 2. The number of hydrogen-bond donors (Lipinski definition) is 1. The molecule has 2 aromatic carbocycles. The summed E-state index contributed by atoms with van der Waals surface area (Å²) in [7, 11) is -4.32. The summed E-state index contributed by atoms with van der Waals surface area (Å²) in [5.41, 5.74) is 0. The molecule has 0 amide bonds. The average molecular weight is 223 g/mol. The van der Waals surface area contributed by atoms with E-state index in [2.05, 4.69) is 0 Å². The molecular formula is C10H7O4S-. The highest BCUT2D eigenvalue weighted by atomic mass is 32.2. The molecule has 0 aliphatic rings. The predicted octanol–water partition coefficient (Wildman–Crippen LogP) is 1.16. The predicted molar refractivity (Wildman–Crippen MR) is 53.2 cm³/mol. The van der Waals surface area contributed by atoms with Crippen molar-refractivity contribution in [2.24, 2.45) is 0 Å². The number of fused-ring (bicyclic) bond motifs is 1. The Bertz CT molecular complexity index is 616. The topological polar surface area (TPSA) is 77.4 Å². The molecule has 0 aromatic heterocycles. The highest BCUT2D eigenvalue weighted by Gasteiger charge is 2.09. The fraction of sp³-hybridized carbons (Fsp3) is 0. The van der Waals surface area contributed by atoms with Crippen molar-refractivity contribution >= 4 is 20.9 Å². The lowest BCUT2D eigenvalue weighted by atomic mass is 10.1. The van der Waals surface area contributed by atoms with Crippen LogP contribution in [-0.2, 0) is 10.1 Å². The van der Waals surface area contributed by atoms with Crippen LogP contribution in [0.2, 0.25) is 0 Å². The van der Waals surface area contributed by atoms with E-state index in [0.717, 1.165) is 6.07 Å². The van der Waals surface area contributed by atoms with Gasteiger partial charge in [0, 0.05) is 0 Å². The maximum atomic E-state index is 11.5. The van der Waals surface area contributed by atoms with E-state index >= 15 is 0 Å². The van der Waals surface area contributed by atoms with Crippen molar-refractivity contribution in [3.8, 4) is 5.75 Å². The maximum Gasteiger partial charge on any atom is 0.294 e. The lowest BCUT2D eigenvalue weighted by Gasteiger charge is -2.11. The second-order valence-corrected chi connectivity index (χ2v) is 4.54. The first-order chi connectivity index (χ1) is 6.98. The van der Waals surface area contributed by atoms with Crippen molar-refractivity contribution in [3.05, 3.63) is 36.4 Å². The Kier molecular flexibility index (Phi) is 2.13. The van der Waals surface area contributed by atoms with E-state index in [9.17, 15) is 13.5 Å². The summed E-state index contributed by atoms with van der Waals surface area (Å²) < 4.78 is 30.5. The highest BCUT2D eigenvalue weighted by molar-refractivity contribution is 7.85. The summed E-state index contributed by atoms with van der Waals surface area (Å²) in [6.07, 6.45) is 0. The molecule has 78 valence electrons. The molecule has 4 nitrogen and oxygen atoms in total. The Morgan fingerprint density at radius 2 is 1.80 bits per heavy atom. The molecular weight excluding hydrogens is 216 g/mol. The molecule has 0 aliphatic heterocycles. The molecule has 0 atom stereocenters. The zero-order valence-corrected chi connectivity index (χ0v) is 8.36. The van der Waals surface area contributed by atoms with Gasteiger partial charge in [0.1, 0.15) is 0 Å². The lowest BCUT2D eigenvalue weighted by molar-refractivity contribution is -0.266. The van der Waals surface area contributed by atoms with Gasteiger partial charge in [-0.15, -0.1) is 0 Å². The minimum Gasteiger partial charge on any atom is -0.872 e. The van der Waals surface area contributed by atoms with E-state index in [1.165, 1.54) is 6.07 Å². The van der Waals surface area contributed by atoms with Gasteiger partial charge in [0.15, 0.2) is 0 Å². The van der Waals surface area contributed by atoms with Gasteiger partial charge in [-0.1, -0.05) is 30.0 Å². The van der Waals surface area contributed by atoms with Crippen LogP contribution in [-0.4, -0.2) is 13.0 Å². The van der Waals surface area contributed by atoms with Crippen LogP contribution >= 0.6 is 0 Å². The van der Waals surface area contributed by atoms with Gasteiger partial charge in [-0.05, 0) is 22.9 Å². The molecule has 1 N–H and O–H groups in total. The second-order valence-electron chi connectivity index (χ2n) is 3.12. The molecule has 0 spiro atoms. The largest absolute Gasteiger partial charge is 0.872 e. The average Bonchev–Trinajstić information content (AvgIpc) is 2.16. The minimum atomic E-state index is -4.32.